The number of carbonyl (C=O) groups excluding carboxylic acids is 1. The van der Waals surface area contributed by atoms with E-state index in [0.717, 1.165) is 27.8 Å². The van der Waals surface area contributed by atoms with E-state index in [9.17, 15) is 4.79 Å². The monoisotopic (exact) mass is 264 g/mol. The number of halogens is 1. The van der Waals surface area contributed by atoms with Crippen molar-refractivity contribution in [1.82, 2.24) is 5.32 Å². The van der Waals surface area contributed by atoms with Crippen molar-refractivity contribution < 1.29 is 4.79 Å². The highest BCUT2D eigenvalue weighted by atomic mass is 79.9. The lowest BCUT2D eigenvalue weighted by Gasteiger charge is -2.08. The number of carbonyl (C=O) groups is 1. The molecule has 2 heterocycles. The second-order valence-electron chi connectivity index (χ2n) is 3.70. The Morgan fingerprint density at radius 1 is 1.40 bits per heavy atom. The zero-order valence-corrected chi connectivity index (χ0v) is 9.47. The molecule has 0 saturated carbocycles. The van der Waals surface area contributed by atoms with Crippen LogP contribution in [-0.4, -0.2) is 12.5 Å². The van der Waals surface area contributed by atoms with E-state index in [1.165, 1.54) is 0 Å². The van der Waals surface area contributed by atoms with Gasteiger partial charge in [-0.1, -0.05) is 22.0 Å². The van der Waals surface area contributed by atoms with E-state index in [0.29, 0.717) is 0 Å². The molecule has 0 radical (unpaired) electrons. The van der Waals surface area contributed by atoms with Crippen LogP contribution in [0.15, 0.2) is 28.9 Å². The molecule has 0 fully saturated rings. The predicted octanol–water partition coefficient (Wildman–Crippen LogP) is 2.18. The SMILES string of the molecule is O=C1NC=C(Br)C2CNc3cccc1c32. The molecular formula is C11H9BrN2O. The largest absolute Gasteiger partial charge is 0.384 e. The van der Waals surface area contributed by atoms with E-state index in [4.69, 9.17) is 0 Å². The number of hydrogen-bond donors (Lipinski definition) is 2. The third-order valence-corrected chi connectivity index (χ3v) is 3.65. The first-order valence-corrected chi connectivity index (χ1v) is 5.60. The van der Waals surface area contributed by atoms with Crippen molar-refractivity contribution in [2.24, 2.45) is 0 Å². The van der Waals surface area contributed by atoms with Crippen LogP contribution in [0, 0.1) is 0 Å². The van der Waals surface area contributed by atoms with Crippen molar-refractivity contribution in [3.8, 4) is 0 Å². The van der Waals surface area contributed by atoms with E-state index in [1.807, 2.05) is 18.2 Å². The molecule has 76 valence electrons. The van der Waals surface area contributed by atoms with Gasteiger partial charge in [-0.05, 0) is 17.7 Å². The average Bonchev–Trinajstić information content (AvgIpc) is 2.63. The summed E-state index contributed by atoms with van der Waals surface area (Å²) in [6, 6.07) is 5.79. The Morgan fingerprint density at radius 3 is 3.13 bits per heavy atom. The molecule has 0 saturated heterocycles. The summed E-state index contributed by atoms with van der Waals surface area (Å²) in [5.41, 5.74) is 2.95. The summed E-state index contributed by atoms with van der Waals surface area (Å²) in [6.45, 7) is 0.846. The van der Waals surface area contributed by atoms with Gasteiger partial charge in [0.05, 0.1) is 0 Å². The number of amides is 1. The summed E-state index contributed by atoms with van der Waals surface area (Å²) in [7, 11) is 0. The first-order chi connectivity index (χ1) is 7.27. The predicted molar refractivity (Wildman–Crippen MR) is 62.1 cm³/mol. The van der Waals surface area contributed by atoms with Gasteiger partial charge in [-0.25, -0.2) is 0 Å². The maximum absolute atomic E-state index is 11.8. The molecule has 1 aromatic carbocycles. The fraction of sp³-hybridized carbons (Fsp3) is 0.182. The van der Waals surface area contributed by atoms with Crippen LogP contribution < -0.4 is 10.6 Å². The van der Waals surface area contributed by atoms with Gasteiger partial charge in [0, 0.05) is 34.4 Å². The molecule has 0 spiro atoms. The van der Waals surface area contributed by atoms with Gasteiger partial charge in [0.1, 0.15) is 0 Å². The molecule has 2 N–H and O–H groups in total. The van der Waals surface area contributed by atoms with Crippen molar-refractivity contribution in [3.05, 3.63) is 40.0 Å². The summed E-state index contributed by atoms with van der Waals surface area (Å²) in [4.78, 5) is 11.8. The molecule has 0 aromatic heterocycles. The van der Waals surface area contributed by atoms with Gasteiger partial charge in [0.15, 0.2) is 0 Å². The smallest absolute Gasteiger partial charge is 0.255 e. The fourth-order valence-corrected chi connectivity index (χ4v) is 2.66. The first-order valence-electron chi connectivity index (χ1n) is 4.80. The van der Waals surface area contributed by atoms with E-state index < -0.39 is 0 Å². The van der Waals surface area contributed by atoms with Gasteiger partial charge in [0.25, 0.3) is 5.91 Å². The van der Waals surface area contributed by atoms with Crippen LogP contribution in [0.3, 0.4) is 0 Å². The lowest BCUT2D eigenvalue weighted by molar-refractivity contribution is 0.0970. The lowest BCUT2D eigenvalue weighted by Crippen LogP contribution is -2.16. The molecule has 2 aliphatic rings. The average molecular weight is 265 g/mol. The van der Waals surface area contributed by atoms with Crippen molar-refractivity contribution in [2.75, 3.05) is 11.9 Å². The normalized spacial score (nSPS) is 22.3. The van der Waals surface area contributed by atoms with E-state index in [-0.39, 0.29) is 11.8 Å². The molecule has 3 nitrogen and oxygen atoms in total. The molecule has 1 unspecified atom stereocenters. The van der Waals surface area contributed by atoms with Crippen LogP contribution in [0.5, 0.6) is 0 Å². The molecule has 4 heteroatoms. The van der Waals surface area contributed by atoms with E-state index >= 15 is 0 Å². The van der Waals surface area contributed by atoms with Crippen molar-refractivity contribution in [3.63, 3.8) is 0 Å². The van der Waals surface area contributed by atoms with Gasteiger partial charge in [-0.2, -0.15) is 0 Å². The molecule has 2 aliphatic heterocycles. The molecule has 0 bridgehead atoms. The number of rotatable bonds is 0. The maximum Gasteiger partial charge on any atom is 0.255 e. The van der Waals surface area contributed by atoms with Gasteiger partial charge in [-0.3, -0.25) is 4.79 Å². The van der Waals surface area contributed by atoms with Crippen LogP contribution in [0.2, 0.25) is 0 Å². The second kappa shape index (κ2) is 3.10. The molecule has 15 heavy (non-hydrogen) atoms. The number of anilines is 1. The Kier molecular flexibility index (Phi) is 1.85. The third-order valence-electron chi connectivity index (χ3n) is 2.87. The summed E-state index contributed by atoms with van der Waals surface area (Å²) in [5, 5.41) is 6.08. The van der Waals surface area contributed by atoms with Crippen LogP contribution in [-0.2, 0) is 0 Å². The van der Waals surface area contributed by atoms with Gasteiger partial charge in [0.2, 0.25) is 0 Å². The maximum atomic E-state index is 11.8. The summed E-state index contributed by atoms with van der Waals surface area (Å²) < 4.78 is 1.02. The molecule has 3 rings (SSSR count). The van der Waals surface area contributed by atoms with Crippen molar-refractivity contribution >= 4 is 27.5 Å². The summed E-state index contributed by atoms with van der Waals surface area (Å²) >= 11 is 3.50. The topological polar surface area (TPSA) is 41.1 Å². The second-order valence-corrected chi connectivity index (χ2v) is 4.62. The zero-order valence-electron chi connectivity index (χ0n) is 7.88. The molecule has 1 amide bonds. The fourth-order valence-electron chi connectivity index (χ4n) is 2.16. The van der Waals surface area contributed by atoms with Crippen LogP contribution >= 0.6 is 15.9 Å². The Hall–Kier alpha value is -1.29. The quantitative estimate of drug-likeness (QED) is 0.754. The minimum absolute atomic E-state index is 0.0324. The van der Waals surface area contributed by atoms with Crippen molar-refractivity contribution in [1.29, 1.82) is 0 Å². The Bertz CT molecular complexity index is 481. The highest BCUT2D eigenvalue weighted by Crippen LogP contribution is 2.41. The highest BCUT2D eigenvalue weighted by molar-refractivity contribution is 9.11. The number of nitrogens with one attached hydrogen (secondary N) is 2. The highest BCUT2D eigenvalue weighted by Gasteiger charge is 2.31. The lowest BCUT2D eigenvalue weighted by atomic mass is 9.96. The van der Waals surface area contributed by atoms with Crippen LogP contribution in [0.4, 0.5) is 5.69 Å². The van der Waals surface area contributed by atoms with Gasteiger partial charge < -0.3 is 10.6 Å². The molecular weight excluding hydrogens is 256 g/mol. The minimum atomic E-state index is -0.0324. The summed E-state index contributed by atoms with van der Waals surface area (Å²) in [6.07, 6.45) is 1.74. The Morgan fingerprint density at radius 2 is 2.27 bits per heavy atom. The zero-order chi connectivity index (χ0) is 10.4. The standard InChI is InChI=1S/C11H9BrN2O/c12-8-5-14-11(15)6-2-1-3-9-10(6)7(8)4-13-9/h1-3,5,7,13H,4H2,(H,14,15). The van der Waals surface area contributed by atoms with E-state index in [2.05, 4.69) is 26.6 Å². The number of hydrogen-bond acceptors (Lipinski definition) is 2. The van der Waals surface area contributed by atoms with E-state index in [1.54, 1.807) is 6.20 Å². The Balaban J connectivity index is 2.28. The van der Waals surface area contributed by atoms with Gasteiger partial charge in [-0.15, -0.1) is 0 Å². The molecule has 0 aliphatic carbocycles. The van der Waals surface area contributed by atoms with Crippen LogP contribution in [0.1, 0.15) is 21.8 Å². The molecule has 1 atom stereocenters. The first kappa shape index (κ1) is 8.97. The minimum Gasteiger partial charge on any atom is -0.384 e. The molecule has 1 aromatic rings. The number of benzene rings is 1. The van der Waals surface area contributed by atoms with Crippen LogP contribution in [0.25, 0.3) is 0 Å². The van der Waals surface area contributed by atoms with Gasteiger partial charge >= 0.3 is 0 Å². The van der Waals surface area contributed by atoms with Crippen molar-refractivity contribution in [2.45, 2.75) is 5.92 Å². The Labute approximate surface area is 95.7 Å². The summed E-state index contributed by atoms with van der Waals surface area (Å²) in [5.74, 6) is 0.227. The third kappa shape index (κ3) is 1.21.